The maximum atomic E-state index is 12.8. The summed E-state index contributed by atoms with van der Waals surface area (Å²) >= 11 is 0. The Labute approximate surface area is 333 Å². The summed E-state index contributed by atoms with van der Waals surface area (Å²) in [6.45, 7) is 6.52. The molecule has 8 rings (SSSR count). The third-order valence-electron chi connectivity index (χ3n) is 11.7. The maximum absolute atomic E-state index is 12.8. The van der Waals surface area contributed by atoms with Crippen molar-refractivity contribution in [2.45, 2.75) is 76.8 Å². The third-order valence-corrected chi connectivity index (χ3v) is 11.7. The van der Waals surface area contributed by atoms with Crippen molar-refractivity contribution in [1.29, 1.82) is 0 Å². The predicted octanol–water partition coefficient (Wildman–Crippen LogP) is 7.67. The minimum absolute atomic E-state index is 0.167. The Hall–Kier alpha value is -5.65. The van der Waals surface area contributed by atoms with E-state index in [-0.39, 0.29) is 17.6 Å². The molecule has 2 aliphatic heterocycles. The molecule has 11 heteroatoms. The number of nitrogens with one attached hydrogen (secondary N) is 1. The van der Waals surface area contributed by atoms with Crippen LogP contribution in [0.4, 0.5) is 5.82 Å². The van der Waals surface area contributed by atoms with Gasteiger partial charge in [-0.15, -0.1) is 10.2 Å². The van der Waals surface area contributed by atoms with Crippen molar-refractivity contribution in [3.8, 4) is 28.1 Å². The molecule has 6 aromatic rings. The number of amides is 2. The molecular weight excluding hydrogens is 713 g/mol. The molecule has 1 atom stereocenters. The number of hydrogen-bond acceptors (Lipinski definition) is 9. The number of nitrogen functional groups attached to an aromatic ring is 1. The number of imide groups is 1. The highest BCUT2D eigenvalue weighted by molar-refractivity contribution is 6.09. The number of pyridine rings is 1. The van der Waals surface area contributed by atoms with E-state index >= 15 is 0 Å². The fourth-order valence-electron chi connectivity index (χ4n) is 8.54. The molecule has 1 unspecified atom stereocenters. The smallest absolute Gasteiger partial charge is 0.249 e. The highest BCUT2D eigenvalue weighted by Gasteiger charge is 2.31. The number of aromatic nitrogens is 4. The molecule has 0 radical (unpaired) electrons. The maximum Gasteiger partial charge on any atom is 0.249 e. The van der Waals surface area contributed by atoms with Gasteiger partial charge in [0.15, 0.2) is 5.82 Å². The van der Waals surface area contributed by atoms with E-state index in [4.69, 9.17) is 5.73 Å². The molecular formula is C46H52N8O3. The van der Waals surface area contributed by atoms with Crippen LogP contribution in [-0.2, 0) is 22.6 Å². The van der Waals surface area contributed by atoms with Crippen LogP contribution in [-0.4, -0.2) is 79.2 Å². The average molecular weight is 765 g/mol. The van der Waals surface area contributed by atoms with Gasteiger partial charge < -0.3 is 20.3 Å². The molecule has 5 heterocycles. The van der Waals surface area contributed by atoms with Crippen LogP contribution in [0.5, 0.6) is 5.75 Å². The fraction of sp³-hybridized carbons (Fsp3) is 0.370. The topological polar surface area (TPSA) is 142 Å². The van der Waals surface area contributed by atoms with Crippen LogP contribution in [0.2, 0.25) is 0 Å². The zero-order valence-corrected chi connectivity index (χ0v) is 32.6. The summed E-state index contributed by atoms with van der Waals surface area (Å²) in [5.74, 6) is 0.0868. The zero-order valence-electron chi connectivity index (χ0n) is 32.6. The van der Waals surface area contributed by atoms with Crippen LogP contribution in [0.1, 0.15) is 75.0 Å². The SMILES string of the molecule is Nc1nnc(-c2ccccc2O)cc1-c1ccc(CN2CCN(CCCCCCCCCc3ccc4c(c3)c3cccnc3n4C3CCC(=O)NC3=O)CC2)cc1. The normalized spacial score (nSPS) is 16.7. The van der Waals surface area contributed by atoms with Crippen LogP contribution in [0.3, 0.4) is 0 Å². The second kappa shape index (κ2) is 17.7. The van der Waals surface area contributed by atoms with E-state index in [0.717, 1.165) is 72.2 Å². The number of nitrogens with two attached hydrogens (primary N) is 1. The average Bonchev–Trinajstić information content (AvgIpc) is 3.55. The number of nitrogens with zero attached hydrogens (tertiary/aromatic N) is 6. The van der Waals surface area contributed by atoms with Crippen LogP contribution < -0.4 is 11.1 Å². The summed E-state index contributed by atoms with van der Waals surface area (Å²) < 4.78 is 2.02. The Bertz CT molecular complexity index is 2350. The Kier molecular flexibility index (Phi) is 11.8. The van der Waals surface area contributed by atoms with Crippen LogP contribution in [0, 0.1) is 0 Å². The lowest BCUT2D eigenvalue weighted by atomic mass is 10.0. The first-order valence-electron chi connectivity index (χ1n) is 20.6. The van der Waals surface area contributed by atoms with Crippen molar-refractivity contribution in [1.82, 2.24) is 34.9 Å². The summed E-state index contributed by atoms with van der Waals surface area (Å²) in [5, 5.41) is 23.3. The second-order valence-corrected chi connectivity index (χ2v) is 15.6. The predicted molar refractivity (Wildman–Crippen MR) is 225 cm³/mol. The van der Waals surface area contributed by atoms with E-state index in [2.05, 4.69) is 78.8 Å². The standard InChI is InChI=1S/C46H52N8O3/c47-44-37(30-39(50-51-44)36-12-7-8-14-42(36)55)34-18-15-33(16-19-34)31-53-27-25-52(26-28-53)24-9-5-3-1-2-4-6-11-32-17-20-40-38(29-32)35-13-10-23-48-45(35)54(40)41-21-22-43(56)49-46(41)57/h7-8,10,12-20,23,29-30,41,55H,1-6,9,11,21-22,24-28,31H2,(H2,47,51)(H,49,56,57). The first-order valence-corrected chi connectivity index (χ1v) is 20.6. The van der Waals surface area contributed by atoms with Gasteiger partial charge in [0.1, 0.15) is 17.4 Å². The first kappa shape index (κ1) is 38.2. The summed E-state index contributed by atoms with van der Waals surface area (Å²) in [7, 11) is 0. The molecule has 2 aliphatic rings. The minimum Gasteiger partial charge on any atom is -0.507 e. The first-order chi connectivity index (χ1) is 27.9. The van der Waals surface area contributed by atoms with Gasteiger partial charge in [0.25, 0.3) is 0 Å². The number of benzene rings is 3. The second-order valence-electron chi connectivity index (χ2n) is 15.6. The van der Waals surface area contributed by atoms with Gasteiger partial charge >= 0.3 is 0 Å². The Balaban J connectivity index is 0.719. The fourth-order valence-corrected chi connectivity index (χ4v) is 8.54. The number of para-hydroxylation sites is 1. The molecule has 3 aromatic carbocycles. The van der Waals surface area contributed by atoms with Crippen molar-refractivity contribution >= 4 is 39.6 Å². The molecule has 11 nitrogen and oxygen atoms in total. The lowest BCUT2D eigenvalue weighted by molar-refractivity contribution is -0.135. The van der Waals surface area contributed by atoms with Gasteiger partial charge in [-0.3, -0.25) is 19.8 Å². The summed E-state index contributed by atoms with van der Waals surface area (Å²) in [6.07, 6.45) is 12.5. The van der Waals surface area contributed by atoms with Gasteiger partial charge in [-0.2, -0.15) is 0 Å². The number of piperazine rings is 1. The third kappa shape index (κ3) is 8.85. The lowest BCUT2D eigenvalue weighted by Gasteiger charge is -2.34. The molecule has 3 aromatic heterocycles. The number of piperidine rings is 1. The largest absolute Gasteiger partial charge is 0.507 e. The number of hydrogen-bond donors (Lipinski definition) is 3. The molecule has 57 heavy (non-hydrogen) atoms. The van der Waals surface area contributed by atoms with Crippen molar-refractivity contribution in [3.63, 3.8) is 0 Å². The molecule has 0 saturated carbocycles. The number of carbonyl (C=O) groups is 2. The van der Waals surface area contributed by atoms with Gasteiger partial charge in [-0.25, -0.2) is 4.98 Å². The van der Waals surface area contributed by atoms with Gasteiger partial charge in [0.2, 0.25) is 11.8 Å². The number of unbranched alkanes of at least 4 members (excludes halogenated alkanes) is 6. The highest BCUT2D eigenvalue weighted by atomic mass is 16.3. The quantitative estimate of drug-likeness (QED) is 0.0710. The van der Waals surface area contributed by atoms with Gasteiger partial charge in [-0.05, 0) is 91.4 Å². The number of phenolic OH excluding ortho intramolecular Hbond substituents is 1. The highest BCUT2D eigenvalue weighted by Crippen LogP contribution is 2.35. The molecule has 2 saturated heterocycles. The van der Waals surface area contributed by atoms with E-state index in [1.165, 1.54) is 62.6 Å². The molecule has 0 bridgehead atoms. The van der Waals surface area contributed by atoms with E-state index in [0.29, 0.717) is 29.9 Å². The number of rotatable bonds is 15. The molecule has 2 fully saturated rings. The van der Waals surface area contributed by atoms with Crippen LogP contribution >= 0.6 is 0 Å². The van der Waals surface area contributed by atoms with Crippen LogP contribution in [0.25, 0.3) is 44.3 Å². The zero-order chi connectivity index (χ0) is 39.1. The Morgan fingerprint density at radius 2 is 1.47 bits per heavy atom. The van der Waals surface area contributed by atoms with E-state index in [9.17, 15) is 14.7 Å². The van der Waals surface area contributed by atoms with Crippen molar-refractivity contribution in [2.75, 3.05) is 38.5 Å². The lowest BCUT2D eigenvalue weighted by Crippen LogP contribution is -2.46. The minimum atomic E-state index is -0.428. The number of fused-ring (bicyclic) bond motifs is 3. The summed E-state index contributed by atoms with van der Waals surface area (Å²) in [4.78, 5) is 34.4. The Morgan fingerprint density at radius 1 is 0.737 bits per heavy atom. The van der Waals surface area contributed by atoms with Gasteiger partial charge in [0, 0.05) is 67.2 Å². The van der Waals surface area contributed by atoms with Gasteiger partial charge in [-0.1, -0.05) is 74.6 Å². The number of carbonyl (C=O) groups excluding carboxylic acids is 2. The van der Waals surface area contributed by atoms with Crippen molar-refractivity contribution in [3.05, 3.63) is 102 Å². The number of aryl methyl sites for hydroxylation is 1. The number of anilines is 1. The van der Waals surface area contributed by atoms with Gasteiger partial charge in [0.05, 0.1) is 11.2 Å². The summed E-state index contributed by atoms with van der Waals surface area (Å²) in [6, 6.07) is 27.7. The van der Waals surface area contributed by atoms with Crippen molar-refractivity contribution < 1.29 is 14.7 Å². The molecule has 0 aliphatic carbocycles. The molecule has 0 spiro atoms. The monoisotopic (exact) mass is 764 g/mol. The molecule has 2 amide bonds. The van der Waals surface area contributed by atoms with Crippen molar-refractivity contribution in [2.24, 2.45) is 0 Å². The number of aromatic hydroxyl groups is 1. The van der Waals surface area contributed by atoms with Crippen LogP contribution in [0.15, 0.2) is 91.1 Å². The van der Waals surface area contributed by atoms with E-state index < -0.39 is 6.04 Å². The molecule has 4 N–H and O–H groups in total. The van der Waals surface area contributed by atoms with E-state index in [1.54, 1.807) is 18.3 Å². The molecule has 294 valence electrons. The number of phenols is 1. The van der Waals surface area contributed by atoms with E-state index in [1.807, 2.05) is 28.8 Å². The Morgan fingerprint density at radius 3 is 2.26 bits per heavy atom. The summed E-state index contributed by atoms with van der Waals surface area (Å²) in [5.41, 5.74) is 13.6.